The van der Waals surface area contributed by atoms with E-state index in [0.29, 0.717) is 12.3 Å². The van der Waals surface area contributed by atoms with Crippen molar-refractivity contribution in [1.82, 2.24) is 4.72 Å². The fourth-order valence-corrected chi connectivity index (χ4v) is 6.23. The lowest BCUT2D eigenvalue weighted by atomic mass is 9.85. The minimum Gasteiger partial charge on any atom is -0.497 e. The van der Waals surface area contributed by atoms with Crippen LogP contribution in [0.4, 0.5) is 0 Å². The molecule has 1 fully saturated rings. The van der Waals surface area contributed by atoms with Gasteiger partial charge in [0.2, 0.25) is 10.0 Å². The zero-order valence-electron chi connectivity index (χ0n) is 16.4. The predicted octanol–water partition coefficient (Wildman–Crippen LogP) is 3.61. The van der Waals surface area contributed by atoms with E-state index in [2.05, 4.69) is 4.72 Å². The Kier molecular flexibility index (Phi) is 6.34. The fraction of sp³-hybridized carbons (Fsp3) is 0.500. The van der Waals surface area contributed by atoms with Crippen molar-refractivity contribution in [3.63, 3.8) is 0 Å². The molecule has 3 rings (SSSR count). The van der Waals surface area contributed by atoms with E-state index in [1.807, 2.05) is 12.1 Å². The van der Waals surface area contributed by atoms with Crippen LogP contribution in [0.15, 0.2) is 35.2 Å². The summed E-state index contributed by atoms with van der Waals surface area (Å²) in [7, 11) is -0.836. The van der Waals surface area contributed by atoms with Crippen LogP contribution < -0.4 is 14.2 Å². The number of methoxy groups -OCH3 is 2. The molecular weight excluding hydrogens is 398 g/mol. The summed E-state index contributed by atoms with van der Waals surface area (Å²) in [6, 6.07) is 8.69. The third kappa shape index (κ3) is 4.20. The maximum Gasteiger partial charge on any atom is 0.244 e. The van der Waals surface area contributed by atoms with Crippen molar-refractivity contribution in [2.45, 2.75) is 49.0 Å². The largest absolute Gasteiger partial charge is 0.497 e. The Morgan fingerprint density at radius 1 is 1.18 bits per heavy atom. The van der Waals surface area contributed by atoms with E-state index in [9.17, 15) is 13.5 Å². The molecule has 0 saturated heterocycles. The normalized spacial score (nSPS) is 17.4. The van der Waals surface area contributed by atoms with Gasteiger partial charge in [-0.1, -0.05) is 12.8 Å². The quantitative estimate of drug-likeness (QED) is 0.675. The molecule has 154 valence electrons. The molecule has 0 aliphatic heterocycles. The standard InChI is InChI=1S/C20H27NO5S2/c1-14(22)17-8-9-19(27-17)20(10-4-5-11-20)13-21-28(23,24)18-12-15(25-2)6-7-16(18)26-3/h6-9,12,14,21-22H,4-5,10-11,13H2,1-3H3. The minimum atomic E-state index is -3.78. The van der Waals surface area contributed by atoms with Crippen LogP contribution in [0.5, 0.6) is 11.5 Å². The van der Waals surface area contributed by atoms with Gasteiger partial charge in [0, 0.05) is 27.8 Å². The lowest BCUT2D eigenvalue weighted by Crippen LogP contribution is -2.38. The molecule has 0 amide bonds. The van der Waals surface area contributed by atoms with Gasteiger partial charge in [-0.15, -0.1) is 11.3 Å². The molecule has 1 saturated carbocycles. The number of aliphatic hydroxyl groups is 1. The summed E-state index contributed by atoms with van der Waals surface area (Å²) in [6.07, 6.45) is 3.45. The van der Waals surface area contributed by atoms with Gasteiger partial charge in [-0.05, 0) is 44.0 Å². The molecule has 1 aliphatic rings. The molecule has 1 unspecified atom stereocenters. The number of nitrogens with one attached hydrogen (secondary N) is 1. The first-order valence-corrected chi connectivity index (χ1v) is 11.6. The molecule has 28 heavy (non-hydrogen) atoms. The second-order valence-corrected chi connectivity index (χ2v) is 10.1. The van der Waals surface area contributed by atoms with Crippen molar-refractivity contribution in [2.75, 3.05) is 20.8 Å². The number of rotatable bonds is 8. The van der Waals surface area contributed by atoms with E-state index >= 15 is 0 Å². The van der Waals surface area contributed by atoms with Gasteiger partial charge >= 0.3 is 0 Å². The number of hydrogen-bond acceptors (Lipinski definition) is 6. The highest BCUT2D eigenvalue weighted by Crippen LogP contribution is 2.44. The summed E-state index contributed by atoms with van der Waals surface area (Å²) in [4.78, 5) is 2.10. The topological polar surface area (TPSA) is 84.9 Å². The third-order valence-corrected chi connectivity index (χ3v) is 8.31. The Balaban J connectivity index is 1.87. The first-order valence-electron chi connectivity index (χ1n) is 9.31. The molecular formula is C20H27NO5S2. The molecule has 0 spiro atoms. The Morgan fingerprint density at radius 2 is 1.89 bits per heavy atom. The van der Waals surface area contributed by atoms with Gasteiger partial charge in [-0.25, -0.2) is 13.1 Å². The van der Waals surface area contributed by atoms with E-state index in [0.717, 1.165) is 35.4 Å². The molecule has 1 aromatic carbocycles. The number of ether oxygens (including phenoxy) is 2. The van der Waals surface area contributed by atoms with Gasteiger partial charge in [0.1, 0.15) is 16.4 Å². The maximum atomic E-state index is 13.0. The van der Waals surface area contributed by atoms with Crippen molar-refractivity contribution < 1.29 is 23.0 Å². The SMILES string of the molecule is COc1ccc(OC)c(S(=O)(=O)NCC2(c3ccc(C(C)O)s3)CCCC2)c1. The smallest absolute Gasteiger partial charge is 0.244 e. The number of benzene rings is 1. The van der Waals surface area contributed by atoms with Crippen molar-refractivity contribution in [3.8, 4) is 11.5 Å². The van der Waals surface area contributed by atoms with E-state index < -0.39 is 16.1 Å². The molecule has 1 atom stereocenters. The summed E-state index contributed by atoms with van der Waals surface area (Å²) < 4.78 is 39.3. The highest BCUT2D eigenvalue weighted by Gasteiger charge is 2.38. The second kappa shape index (κ2) is 8.41. The van der Waals surface area contributed by atoms with Crippen LogP contribution in [-0.4, -0.2) is 34.3 Å². The Bertz CT molecular complexity index is 914. The van der Waals surface area contributed by atoms with Crippen LogP contribution >= 0.6 is 11.3 Å². The first-order chi connectivity index (χ1) is 13.3. The molecule has 1 heterocycles. The summed E-state index contributed by atoms with van der Waals surface area (Å²) in [5.74, 6) is 0.734. The average Bonchev–Trinajstić information content (AvgIpc) is 3.36. The maximum absolute atomic E-state index is 13.0. The summed E-state index contributed by atoms with van der Waals surface area (Å²) in [5.41, 5.74) is -0.239. The predicted molar refractivity (Wildman–Crippen MR) is 110 cm³/mol. The van der Waals surface area contributed by atoms with Crippen LogP contribution in [0.25, 0.3) is 0 Å². The van der Waals surface area contributed by atoms with Crippen molar-refractivity contribution in [3.05, 3.63) is 40.1 Å². The van der Waals surface area contributed by atoms with Crippen molar-refractivity contribution in [2.24, 2.45) is 0 Å². The first kappa shape index (κ1) is 21.1. The van der Waals surface area contributed by atoms with Gasteiger partial charge in [-0.3, -0.25) is 0 Å². The fourth-order valence-electron chi connectivity index (χ4n) is 3.73. The summed E-state index contributed by atoms with van der Waals surface area (Å²) >= 11 is 1.57. The Morgan fingerprint density at radius 3 is 2.46 bits per heavy atom. The van der Waals surface area contributed by atoms with Gasteiger partial charge < -0.3 is 14.6 Å². The third-order valence-electron chi connectivity index (χ3n) is 5.38. The monoisotopic (exact) mass is 425 g/mol. The molecule has 2 N–H and O–H groups in total. The molecule has 1 aromatic heterocycles. The molecule has 1 aliphatic carbocycles. The van der Waals surface area contributed by atoms with Crippen LogP contribution in [0.3, 0.4) is 0 Å². The summed E-state index contributed by atoms with van der Waals surface area (Å²) in [5, 5.41) is 9.85. The second-order valence-electron chi connectivity index (χ2n) is 7.21. The van der Waals surface area contributed by atoms with Crippen LogP contribution in [-0.2, 0) is 15.4 Å². The zero-order valence-corrected chi connectivity index (χ0v) is 18.0. The minimum absolute atomic E-state index is 0.0679. The molecule has 2 aromatic rings. The lowest BCUT2D eigenvalue weighted by Gasteiger charge is -2.28. The van der Waals surface area contributed by atoms with Crippen molar-refractivity contribution in [1.29, 1.82) is 0 Å². The van der Waals surface area contributed by atoms with Gasteiger partial charge in [-0.2, -0.15) is 0 Å². The van der Waals surface area contributed by atoms with Gasteiger partial charge in [0.15, 0.2) is 0 Å². The van der Waals surface area contributed by atoms with Crippen LogP contribution in [0.2, 0.25) is 0 Å². The van der Waals surface area contributed by atoms with Gasteiger partial charge in [0.05, 0.1) is 20.3 Å². The van der Waals surface area contributed by atoms with E-state index in [1.165, 1.54) is 20.3 Å². The lowest BCUT2D eigenvalue weighted by molar-refractivity contribution is 0.203. The van der Waals surface area contributed by atoms with Gasteiger partial charge in [0.25, 0.3) is 0 Å². The van der Waals surface area contributed by atoms with Crippen LogP contribution in [0, 0.1) is 0 Å². The van der Waals surface area contributed by atoms with E-state index in [4.69, 9.17) is 9.47 Å². The van der Waals surface area contributed by atoms with Crippen LogP contribution in [0.1, 0.15) is 48.5 Å². The highest BCUT2D eigenvalue weighted by molar-refractivity contribution is 7.89. The Hall–Kier alpha value is -1.61. The zero-order chi connectivity index (χ0) is 20.4. The highest BCUT2D eigenvalue weighted by atomic mass is 32.2. The Labute approximate surface area is 170 Å². The number of hydrogen-bond donors (Lipinski definition) is 2. The number of aliphatic hydroxyl groups excluding tert-OH is 1. The van der Waals surface area contributed by atoms with Crippen molar-refractivity contribution >= 4 is 21.4 Å². The molecule has 0 radical (unpaired) electrons. The summed E-state index contributed by atoms with van der Waals surface area (Å²) in [6.45, 7) is 2.06. The van der Waals surface area contributed by atoms with E-state index in [-0.39, 0.29) is 16.1 Å². The molecule has 8 heteroatoms. The number of thiophene rings is 1. The average molecular weight is 426 g/mol. The molecule has 6 nitrogen and oxygen atoms in total. The van der Waals surface area contributed by atoms with E-state index in [1.54, 1.807) is 30.4 Å². The molecule has 0 bridgehead atoms. The number of sulfonamides is 1.